The van der Waals surface area contributed by atoms with Gasteiger partial charge in [-0.15, -0.1) is 0 Å². The van der Waals surface area contributed by atoms with E-state index in [1.54, 1.807) is 0 Å². The molecule has 0 N–H and O–H groups in total. The minimum absolute atomic E-state index is 0.620. The fraction of sp³-hybridized carbons (Fsp3) is 0.0227. The summed E-state index contributed by atoms with van der Waals surface area (Å²) in [6, 6.07) is 57.1. The number of rotatable bonds is 4. The third kappa shape index (κ3) is 4.13. The highest BCUT2D eigenvalue weighted by molar-refractivity contribution is 6.09. The van der Waals surface area contributed by atoms with Gasteiger partial charge in [0.25, 0.3) is 0 Å². The lowest BCUT2D eigenvalue weighted by Crippen LogP contribution is -2.37. The molecule has 0 saturated heterocycles. The fourth-order valence-corrected chi connectivity index (χ4v) is 7.78. The van der Waals surface area contributed by atoms with Crippen LogP contribution in [0, 0.1) is 22.7 Å². The monoisotopic (exact) mass is 625 g/mol. The lowest BCUT2D eigenvalue weighted by atomic mass is 9.62. The molecule has 9 rings (SSSR count). The summed E-state index contributed by atoms with van der Waals surface area (Å²) >= 11 is 0. The third-order valence-corrected chi connectivity index (χ3v) is 9.79. The fourth-order valence-electron chi connectivity index (χ4n) is 7.78. The van der Waals surface area contributed by atoms with Crippen LogP contribution in [0.15, 0.2) is 164 Å². The van der Waals surface area contributed by atoms with Crippen LogP contribution in [0.4, 0.5) is 17.1 Å². The van der Waals surface area contributed by atoms with Crippen molar-refractivity contribution >= 4 is 38.9 Å². The van der Waals surface area contributed by atoms with Crippen LogP contribution >= 0.6 is 0 Å². The number of aromatic nitrogens is 2. The van der Waals surface area contributed by atoms with Crippen LogP contribution in [0.2, 0.25) is 0 Å². The molecule has 2 aromatic heterocycles. The average Bonchev–Trinajstić information content (AvgIpc) is 3.51. The van der Waals surface area contributed by atoms with Gasteiger partial charge in [0, 0.05) is 34.5 Å². The van der Waals surface area contributed by atoms with Gasteiger partial charge in [-0.25, -0.2) is 0 Å². The first kappa shape index (κ1) is 28.3. The summed E-state index contributed by atoms with van der Waals surface area (Å²) in [6.07, 6.45) is 3.69. The summed E-state index contributed by atoms with van der Waals surface area (Å²) in [6.45, 7) is 0. The first-order chi connectivity index (χ1) is 24.2. The van der Waals surface area contributed by atoms with E-state index >= 15 is 0 Å². The molecule has 0 amide bonds. The van der Waals surface area contributed by atoms with Crippen molar-refractivity contribution < 1.29 is 0 Å². The second kappa shape index (κ2) is 11.1. The van der Waals surface area contributed by atoms with E-state index in [4.69, 9.17) is 0 Å². The van der Waals surface area contributed by atoms with Crippen molar-refractivity contribution in [2.75, 3.05) is 4.90 Å². The zero-order valence-electron chi connectivity index (χ0n) is 26.3. The molecule has 1 aliphatic heterocycles. The molecule has 49 heavy (non-hydrogen) atoms. The molecule has 0 aliphatic carbocycles. The van der Waals surface area contributed by atoms with Crippen molar-refractivity contribution in [1.82, 2.24) is 9.55 Å². The number of anilines is 3. The second-order valence-corrected chi connectivity index (χ2v) is 12.3. The molecule has 0 atom stereocenters. The van der Waals surface area contributed by atoms with E-state index in [9.17, 15) is 10.5 Å². The largest absolute Gasteiger partial charge is 0.310 e. The normalized spacial score (nSPS) is 13.0. The van der Waals surface area contributed by atoms with Gasteiger partial charge in [-0.2, -0.15) is 10.5 Å². The molecule has 5 nitrogen and oxygen atoms in total. The van der Waals surface area contributed by atoms with Gasteiger partial charge in [0.2, 0.25) is 0 Å². The number of nitriles is 2. The number of para-hydroxylation sites is 2. The Morgan fingerprint density at radius 3 is 1.84 bits per heavy atom. The Labute approximate surface area is 283 Å². The van der Waals surface area contributed by atoms with Gasteiger partial charge in [-0.05, 0) is 89.0 Å². The molecule has 6 aromatic carbocycles. The van der Waals surface area contributed by atoms with Gasteiger partial charge in [-0.1, -0.05) is 84.9 Å². The summed E-state index contributed by atoms with van der Waals surface area (Å²) in [5, 5.41) is 21.3. The summed E-state index contributed by atoms with van der Waals surface area (Å²) in [5.74, 6) is 0. The predicted octanol–water partition coefficient (Wildman–Crippen LogP) is 10.1. The van der Waals surface area contributed by atoms with Crippen LogP contribution in [0.5, 0.6) is 0 Å². The topological polar surface area (TPSA) is 68.6 Å². The second-order valence-electron chi connectivity index (χ2n) is 12.3. The standard InChI is InChI=1S/C44H27N5/c45-27-30-17-20-33(21-18-30)44(32-9-2-1-3-10-32)38-13-4-6-15-42(38)49(43-16-7-5-14-39(43)44)35-12-8-11-34(26-35)48-40-22-19-31(28-46)25-36(40)37-29-47-24-23-41(37)48/h1-26,29H. The molecule has 0 saturated carbocycles. The molecule has 3 heterocycles. The smallest absolute Gasteiger partial charge is 0.0991 e. The Morgan fingerprint density at radius 2 is 1.12 bits per heavy atom. The number of fused-ring (bicyclic) bond motifs is 5. The number of hydrogen-bond acceptors (Lipinski definition) is 4. The lowest BCUT2D eigenvalue weighted by molar-refractivity contribution is 0.731. The molecule has 0 fully saturated rings. The summed E-state index contributed by atoms with van der Waals surface area (Å²) in [7, 11) is 0. The van der Waals surface area contributed by atoms with E-state index < -0.39 is 5.41 Å². The maximum atomic E-state index is 9.65. The summed E-state index contributed by atoms with van der Waals surface area (Å²) < 4.78 is 2.25. The lowest BCUT2D eigenvalue weighted by Gasteiger charge is -2.46. The molecule has 5 heteroatoms. The van der Waals surface area contributed by atoms with Crippen LogP contribution in [0.3, 0.4) is 0 Å². The van der Waals surface area contributed by atoms with Crippen LogP contribution < -0.4 is 4.90 Å². The van der Waals surface area contributed by atoms with E-state index in [2.05, 4.69) is 142 Å². The molecule has 0 bridgehead atoms. The van der Waals surface area contributed by atoms with E-state index in [1.165, 1.54) is 0 Å². The highest BCUT2D eigenvalue weighted by Crippen LogP contribution is 2.57. The Balaban J connectivity index is 1.31. The highest BCUT2D eigenvalue weighted by atomic mass is 15.2. The highest BCUT2D eigenvalue weighted by Gasteiger charge is 2.46. The van der Waals surface area contributed by atoms with Gasteiger partial charge in [0.1, 0.15) is 0 Å². The SMILES string of the molecule is N#Cc1ccc(C2(c3ccccc3)c3ccccc3N(c3cccc(-n4c5ccncc5c5cc(C#N)ccc54)c3)c3ccccc32)cc1. The Hall–Kier alpha value is -6.95. The van der Waals surface area contributed by atoms with Gasteiger partial charge in [0.15, 0.2) is 0 Å². The van der Waals surface area contributed by atoms with Crippen LogP contribution in [0.1, 0.15) is 33.4 Å². The quantitative estimate of drug-likeness (QED) is 0.195. The van der Waals surface area contributed by atoms with Gasteiger partial charge >= 0.3 is 0 Å². The van der Waals surface area contributed by atoms with E-state index in [-0.39, 0.29) is 0 Å². The number of benzene rings is 6. The van der Waals surface area contributed by atoms with Crippen molar-refractivity contribution in [1.29, 1.82) is 10.5 Å². The molecule has 1 aliphatic rings. The van der Waals surface area contributed by atoms with E-state index in [0.29, 0.717) is 11.1 Å². The molecule has 8 aromatic rings. The van der Waals surface area contributed by atoms with Gasteiger partial charge in [0.05, 0.1) is 51.1 Å². The van der Waals surface area contributed by atoms with Crippen LogP contribution in [-0.2, 0) is 5.41 Å². The zero-order chi connectivity index (χ0) is 33.0. The predicted molar refractivity (Wildman–Crippen MR) is 195 cm³/mol. The molecule has 0 unspecified atom stereocenters. The van der Waals surface area contributed by atoms with Crippen molar-refractivity contribution in [2.45, 2.75) is 5.41 Å². The van der Waals surface area contributed by atoms with Crippen molar-refractivity contribution in [3.63, 3.8) is 0 Å². The number of hydrogen-bond donors (Lipinski definition) is 0. The molecular formula is C44H27N5. The van der Waals surface area contributed by atoms with Gasteiger partial charge in [-0.3, -0.25) is 4.98 Å². The summed E-state index contributed by atoms with van der Waals surface area (Å²) in [5.41, 5.74) is 11.4. The third-order valence-electron chi connectivity index (χ3n) is 9.79. The Bertz CT molecular complexity index is 2590. The van der Waals surface area contributed by atoms with Crippen LogP contribution in [-0.4, -0.2) is 9.55 Å². The Morgan fingerprint density at radius 1 is 0.510 bits per heavy atom. The zero-order valence-corrected chi connectivity index (χ0v) is 26.3. The maximum absolute atomic E-state index is 9.65. The number of nitrogens with zero attached hydrogens (tertiary/aromatic N) is 5. The van der Waals surface area contributed by atoms with E-state index in [1.807, 2.05) is 48.8 Å². The maximum Gasteiger partial charge on any atom is 0.0991 e. The molecule has 0 spiro atoms. The molecular weight excluding hydrogens is 599 g/mol. The molecule has 0 radical (unpaired) electrons. The first-order valence-electron chi connectivity index (χ1n) is 16.2. The summed E-state index contributed by atoms with van der Waals surface area (Å²) in [4.78, 5) is 6.78. The minimum Gasteiger partial charge on any atom is -0.310 e. The van der Waals surface area contributed by atoms with Crippen molar-refractivity contribution in [2.24, 2.45) is 0 Å². The minimum atomic E-state index is -0.630. The van der Waals surface area contributed by atoms with E-state index in [0.717, 1.165) is 66.8 Å². The Kier molecular flexibility index (Phi) is 6.40. The average molecular weight is 626 g/mol. The van der Waals surface area contributed by atoms with Gasteiger partial charge < -0.3 is 9.47 Å². The first-order valence-corrected chi connectivity index (χ1v) is 16.2. The van der Waals surface area contributed by atoms with Crippen molar-refractivity contribution in [3.8, 4) is 17.8 Å². The molecule has 228 valence electrons. The number of pyridine rings is 1. The van der Waals surface area contributed by atoms with Crippen molar-refractivity contribution in [3.05, 3.63) is 197 Å². The van der Waals surface area contributed by atoms with Crippen LogP contribution in [0.25, 0.3) is 27.5 Å².